The van der Waals surface area contributed by atoms with E-state index in [-0.39, 0.29) is 0 Å². The number of nitrogens with one attached hydrogen (secondary N) is 1. The van der Waals surface area contributed by atoms with Crippen LogP contribution in [0.25, 0.3) is 0 Å². The quantitative estimate of drug-likeness (QED) is 0.882. The van der Waals surface area contributed by atoms with Crippen LogP contribution in [0.15, 0.2) is 24.3 Å². The lowest BCUT2D eigenvalue weighted by Crippen LogP contribution is -2.55. The fourth-order valence-electron chi connectivity index (χ4n) is 2.76. The second-order valence-electron chi connectivity index (χ2n) is 5.89. The van der Waals surface area contributed by atoms with Crippen molar-refractivity contribution in [2.24, 2.45) is 0 Å². The first-order chi connectivity index (χ1) is 8.58. The van der Waals surface area contributed by atoms with Crippen LogP contribution in [0.3, 0.4) is 0 Å². The first-order valence-corrected chi connectivity index (χ1v) is 7.10. The van der Waals surface area contributed by atoms with E-state index in [9.17, 15) is 0 Å². The Morgan fingerprint density at radius 3 is 2.50 bits per heavy atom. The lowest BCUT2D eigenvalue weighted by molar-refractivity contribution is 0.157. The Morgan fingerprint density at radius 2 is 1.94 bits per heavy atom. The maximum Gasteiger partial charge on any atom is 0.0284 e. The van der Waals surface area contributed by atoms with E-state index in [0.717, 1.165) is 19.5 Å². The monoisotopic (exact) mass is 246 g/mol. The molecular weight excluding hydrogens is 220 g/mol. The van der Waals surface area contributed by atoms with Crippen molar-refractivity contribution >= 4 is 0 Å². The Labute approximate surface area is 111 Å². The number of likely N-dealkylation sites (N-methyl/N-ethyl adjacent to an activating group) is 1. The van der Waals surface area contributed by atoms with Gasteiger partial charge < -0.3 is 10.2 Å². The molecule has 0 spiro atoms. The lowest BCUT2D eigenvalue weighted by atomic mass is 9.95. The number of benzene rings is 1. The standard InChI is InChI=1S/C16H26N2/c1-12(2)15-7-5-14(6-8-15)11-16-13(3)17-9-10-18(16)4/h5-8,12-13,16-17H,9-11H2,1-4H3. The van der Waals surface area contributed by atoms with Crippen LogP contribution in [-0.2, 0) is 6.42 Å². The zero-order chi connectivity index (χ0) is 13.1. The molecule has 1 aromatic carbocycles. The molecule has 1 saturated heterocycles. The number of hydrogen-bond donors (Lipinski definition) is 1. The van der Waals surface area contributed by atoms with Gasteiger partial charge in [0.25, 0.3) is 0 Å². The largest absolute Gasteiger partial charge is 0.311 e. The van der Waals surface area contributed by atoms with Gasteiger partial charge in [0.2, 0.25) is 0 Å². The molecule has 1 heterocycles. The van der Waals surface area contributed by atoms with E-state index < -0.39 is 0 Å². The number of nitrogens with zero attached hydrogens (tertiary/aromatic N) is 1. The van der Waals surface area contributed by atoms with Crippen molar-refractivity contribution in [2.45, 2.75) is 45.2 Å². The molecule has 0 bridgehead atoms. The highest BCUT2D eigenvalue weighted by atomic mass is 15.2. The summed E-state index contributed by atoms with van der Waals surface area (Å²) < 4.78 is 0. The predicted molar refractivity (Wildman–Crippen MR) is 78.1 cm³/mol. The van der Waals surface area contributed by atoms with E-state index in [1.165, 1.54) is 11.1 Å². The summed E-state index contributed by atoms with van der Waals surface area (Å²) in [4.78, 5) is 2.48. The molecule has 2 heteroatoms. The third-order valence-electron chi connectivity index (χ3n) is 4.17. The summed E-state index contributed by atoms with van der Waals surface area (Å²) in [6.07, 6.45) is 1.14. The molecule has 0 aliphatic carbocycles. The van der Waals surface area contributed by atoms with E-state index in [0.29, 0.717) is 18.0 Å². The first-order valence-electron chi connectivity index (χ1n) is 7.10. The van der Waals surface area contributed by atoms with Crippen molar-refractivity contribution in [3.8, 4) is 0 Å². The van der Waals surface area contributed by atoms with E-state index in [1.807, 2.05) is 0 Å². The molecule has 1 aliphatic heterocycles. The summed E-state index contributed by atoms with van der Waals surface area (Å²) in [5.41, 5.74) is 2.88. The second-order valence-corrected chi connectivity index (χ2v) is 5.89. The molecule has 2 nitrogen and oxygen atoms in total. The third-order valence-corrected chi connectivity index (χ3v) is 4.17. The van der Waals surface area contributed by atoms with Gasteiger partial charge in [-0.15, -0.1) is 0 Å². The van der Waals surface area contributed by atoms with Crippen molar-refractivity contribution in [3.05, 3.63) is 35.4 Å². The predicted octanol–water partition coefficient (Wildman–Crippen LogP) is 2.64. The van der Waals surface area contributed by atoms with Gasteiger partial charge in [0.05, 0.1) is 0 Å². The molecule has 1 fully saturated rings. The minimum atomic E-state index is 0.577. The van der Waals surface area contributed by atoms with Gasteiger partial charge >= 0.3 is 0 Å². The number of piperazine rings is 1. The minimum Gasteiger partial charge on any atom is -0.311 e. The summed E-state index contributed by atoms with van der Waals surface area (Å²) in [6, 6.07) is 10.3. The van der Waals surface area contributed by atoms with Crippen molar-refractivity contribution in [3.63, 3.8) is 0 Å². The molecule has 0 saturated carbocycles. The van der Waals surface area contributed by atoms with Gasteiger partial charge in [-0.3, -0.25) is 0 Å². The van der Waals surface area contributed by atoms with Gasteiger partial charge in [-0.1, -0.05) is 38.1 Å². The molecule has 2 atom stereocenters. The van der Waals surface area contributed by atoms with Crippen LogP contribution in [0, 0.1) is 0 Å². The summed E-state index contributed by atoms with van der Waals surface area (Å²) in [5, 5.41) is 3.57. The number of rotatable bonds is 3. The second kappa shape index (κ2) is 5.85. The normalized spacial score (nSPS) is 25.6. The Kier molecular flexibility index (Phi) is 4.41. The zero-order valence-corrected chi connectivity index (χ0v) is 12.1. The SMILES string of the molecule is CC(C)c1ccc(CC2C(C)NCCN2C)cc1. The highest BCUT2D eigenvalue weighted by Crippen LogP contribution is 2.18. The fourth-order valence-corrected chi connectivity index (χ4v) is 2.76. The topological polar surface area (TPSA) is 15.3 Å². The van der Waals surface area contributed by atoms with E-state index in [2.05, 4.69) is 62.3 Å². The molecule has 2 rings (SSSR count). The molecule has 0 amide bonds. The average Bonchev–Trinajstić information content (AvgIpc) is 2.34. The highest BCUT2D eigenvalue weighted by molar-refractivity contribution is 5.25. The van der Waals surface area contributed by atoms with Crippen LogP contribution in [-0.4, -0.2) is 37.1 Å². The van der Waals surface area contributed by atoms with Gasteiger partial charge in [0.15, 0.2) is 0 Å². The van der Waals surface area contributed by atoms with Crippen LogP contribution in [0.5, 0.6) is 0 Å². The van der Waals surface area contributed by atoms with Gasteiger partial charge in [-0.2, -0.15) is 0 Å². The van der Waals surface area contributed by atoms with Crippen LogP contribution < -0.4 is 5.32 Å². The van der Waals surface area contributed by atoms with Gasteiger partial charge in [0, 0.05) is 25.2 Å². The third kappa shape index (κ3) is 3.12. The Bertz CT molecular complexity index is 359. The zero-order valence-electron chi connectivity index (χ0n) is 12.1. The number of hydrogen-bond acceptors (Lipinski definition) is 2. The highest BCUT2D eigenvalue weighted by Gasteiger charge is 2.25. The van der Waals surface area contributed by atoms with E-state index in [1.54, 1.807) is 0 Å². The maximum absolute atomic E-state index is 3.57. The molecule has 18 heavy (non-hydrogen) atoms. The molecule has 0 radical (unpaired) electrons. The Hall–Kier alpha value is -0.860. The van der Waals surface area contributed by atoms with Crippen LogP contribution in [0.1, 0.15) is 37.8 Å². The van der Waals surface area contributed by atoms with Crippen molar-refractivity contribution in [1.29, 1.82) is 0 Å². The minimum absolute atomic E-state index is 0.577. The fraction of sp³-hybridized carbons (Fsp3) is 0.625. The Morgan fingerprint density at radius 1 is 1.28 bits per heavy atom. The molecular formula is C16H26N2. The van der Waals surface area contributed by atoms with Crippen LogP contribution in [0.2, 0.25) is 0 Å². The maximum atomic E-state index is 3.57. The van der Waals surface area contributed by atoms with Crippen molar-refractivity contribution < 1.29 is 0 Å². The van der Waals surface area contributed by atoms with Gasteiger partial charge in [0.1, 0.15) is 0 Å². The summed E-state index contributed by atoms with van der Waals surface area (Å²) in [5.74, 6) is 0.622. The lowest BCUT2D eigenvalue weighted by Gasteiger charge is -2.38. The molecule has 100 valence electrons. The Balaban J connectivity index is 2.03. The summed E-state index contributed by atoms with van der Waals surface area (Å²) in [7, 11) is 2.24. The van der Waals surface area contributed by atoms with Crippen molar-refractivity contribution in [2.75, 3.05) is 20.1 Å². The van der Waals surface area contributed by atoms with Gasteiger partial charge in [-0.25, -0.2) is 0 Å². The summed E-state index contributed by atoms with van der Waals surface area (Å²) >= 11 is 0. The molecule has 0 aromatic heterocycles. The van der Waals surface area contributed by atoms with E-state index in [4.69, 9.17) is 0 Å². The van der Waals surface area contributed by atoms with Crippen LogP contribution >= 0.6 is 0 Å². The summed E-state index contributed by atoms with van der Waals surface area (Å²) in [6.45, 7) is 9.05. The molecule has 1 aromatic rings. The molecule has 2 unspecified atom stereocenters. The first kappa shape index (κ1) is 13.6. The average molecular weight is 246 g/mol. The van der Waals surface area contributed by atoms with Crippen LogP contribution in [0.4, 0.5) is 0 Å². The van der Waals surface area contributed by atoms with Gasteiger partial charge in [-0.05, 0) is 37.4 Å². The smallest absolute Gasteiger partial charge is 0.0284 e. The van der Waals surface area contributed by atoms with Crippen molar-refractivity contribution in [1.82, 2.24) is 10.2 Å². The molecule has 1 N–H and O–H groups in total. The molecule has 1 aliphatic rings. The van der Waals surface area contributed by atoms with E-state index >= 15 is 0 Å².